The normalized spacial score (nSPS) is 16.4. The number of anilines is 1. The molecule has 1 N–H and O–H groups in total. The van der Waals surface area contributed by atoms with Crippen LogP contribution in [0.4, 0.5) is 5.69 Å². The fourth-order valence-electron chi connectivity index (χ4n) is 3.16. The summed E-state index contributed by atoms with van der Waals surface area (Å²) in [6.07, 6.45) is 0. The van der Waals surface area contributed by atoms with E-state index in [1.807, 2.05) is 42.5 Å². The Morgan fingerprint density at radius 1 is 1.09 bits per heavy atom. The number of ether oxygens (including phenoxy) is 1. The topological polar surface area (TPSA) is 55.4 Å². The second-order valence-corrected chi connectivity index (χ2v) is 5.60. The molecule has 3 aromatic carbocycles. The van der Waals surface area contributed by atoms with Crippen LogP contribution in [0.3, 0.4) is 0 Å². The van der Waals surface area contributed by atoms with Gasteiger partial charge in [0.1, 0.15) is 0 Å². The number of fused-ring (bicyclic) bond motifs is 4. The molecule has 0 spiro atoms. The predicted molar refractivity (Wildman–Crippen MR) is 89.8 cm³/mol. The van der Waals surface area contributed by atoms with Gasteiger partial charge in [-0.2, -0.15) is 0 Å². The van der Waals surface area contributed by atoms with Crippen LogP contribution in [0, 0.1) is 0 Å². The van der Waals surface area contributed by atoms with Gasteiger partial charge in [0.25, 0.3) is 0 Å². The van der Waals surface area contributed by atoms with Crippen molar-refractivity contribution in [3.8, 4) is 0 Å². The molecule has 0 aliphatic carbocycles. The van der Waals surface area contributed by atoms with E-state index < -0.39 is 12.0 Å². The molecule has 4 rings (SSSR count). The summed E-state index contributed by atoms with van der Waals surface area (Å²) in [4.78, 5) is 24.7. The number of hydrogen-bond acceptors (Lipinski definition) is 4. The maximum Gasteiger partial charge on any atom is 0.336 e. The van der Waals surface area contributed by atoms with Crippen LogP contribution in [0.1, 0.15) is 17.3 Å². The lowest BCUT2D eigenvalue weighted by molar-refractivity contribution is -0.142. The highest BCUT2D eigenvalue weighted by atomic mass is 16.5. The summed E-state index contributed by atoms with van der Waals surface area (Å²) in [5.74, 6) is -0.748. The van der Waals surface area contributed by atoms with Gasteiger partial charge in [0, 0.05) is 5.69 Å². The molecule has 0 aromatic heterocycles. The number of carbonyl (C=O) groups excluding carboxylic acids is 2. The zero-order chi connectivity index (χ0) is 16.0. The van der Waals surface area contributed by atoms with Gasteiger partial charge in [0.15, 0.2) is 11.8 Å². The van der Waals surface area contributed by atoms with E-state index in [0.717, 1.165) is 21.5 Å². The fourth-order valence-corrected chi connectivity index (χ4v) is 3.16. The van der Waals surface area contributed by atoms with Crippen molar-refractivity contribution in [1.29, 1.82) is 0 Å². The molecule has 0 radical (unpaired) electrons. The summed E-state index contributed by atoms with van der Waals surface area (Å²) in [5, 5.41) is 7.03. The van der Waals surface area contributed by atoms with Crippen LogP contribution in [0.25, 0.3) is 21.5 Å². The Morgan fingerprint density at radius 2 is 1.83 bits per heavy atom. The summed E-state index contributed by atoms with van der Waals surface area (Å²) in [5.41, 5.74) is 1.27. The average molecular weight is 305 g/mol. The molecular formula is C19H15NO3. The lowest BCUT2D eigenvalue weighted by atomic mass is 9.97. The highest BCUT2D eigenvalue weighted by Crippen LogP contribution is 2.35. The molecule has 1 heterocycles. The summed E-state index contributed by atoms with van der Waals surface area (Å²) in [6.45, 7) is 1.98. The minimum absolute atomic E-state index is 0.223. The Hall–Kier alpha value is -2.88. The number of esters is 1. The van der Waals surface area contributed by atoms with Crippen molar-refractivity contribution in [3.05, 3.63) is 54.1 Å². The third kappa shape index (κ3) is 2.06. The third-order valence-electron chi connectivity index (χ3n) is 4.22. The van der Waals surface area contributed by atoms with E-state index in [0.29, 0.717) is 11.3 Å². The van der Waals surface area contributed by atoms with Crippen LogP contribution in [-0.2, 0) is 9.53 Å². The lowest BCUT2D eigenvalue weighted by Gasteiger charge is -2.07. The highest BCUT2D eigenvalue weighted by molar-refractivity contribution is 6.26. The van der Waals surface area contributed by atoms with E-state index in [2.05, 4.69) is 11.4 Å². The van der Waals surface area contributed by atoms with Crippen molar-refractivity contribution in [1.82, 2.24) is 0 Å². The standard InChI is InChI=1S/C19H15NO3/c1-2-23-19(22)17-18(21)16-14-10-12-6-4-3-5-11(12)9-13(14)7-8-15(16)20-17/h3-10,17,20H,2H2,1H3/t17-/m1/s1. The van der Waals surface area contributed by atoms with Gasteiger partial charge in [0.05, 0.1) is 12.2 Å². The monoisotopic (exact) mass is 305 g/mol. The van der Waals surface area contributed by atoms with E-state index in [1.54, 1.807) is 6.92 Å². The van der Waals surface area contributed by atoms with Crippen LogP contribution < -0.4 is 5.32 Å². The number of nitrogens with one attached hydrogen (secondary N) is 1. The minimum Gasteiger partial charge on any atom is -0.464 e. The highest BCUT2D eigenvalue weighted by Gasteiger charge is 2.37. The van der Waals surface area contributed by atoms with Gasteiger partial charge < -0.3 is 10.1 Å². The van der Waals surface area contributed by atoms with Gasteiger partial charge >= 0.3 is 5.97 Å². The van der Waals surface area contributed by atoms with Crippen molar-refractivity contribution < 1.29 is 14.3 Å². The molecule has 0 saturated carbocycles. The fraction of sp³-hybridized carbons (Fsp3) is 0.158. The molecule has 4 heteroatoms. The van der Waals surface area contributed by atoms with Crippen LogP contribution in [0.15, 0.2) is 48.5 Å². The lowest BCUT2D eigenvalue weighted by Crippen LogP contribution is -2.33. The summed E-state index contributed by atoms with van der Waals surface area (Å²) >= 11 is 0. The van der Waals surface area contributed by atoms with Gasteiger partial charge in [-0.25, -0.2) is 4.79 Å². The van der Waals surface area contributed by atoms with Crippen molar-refractivity contribution in [2.24, 2.45) is 0 Å². The molecule has 4 nitrogen and oxygen atoms in total. The van der Waals surface area contributed by atoms with Crippen LogP contribution >= 0.6 is 0 Å². The number of carbonyl (C=O) groups is 2. The summed E-state index contributed by atoms with van der Waals surface area (Å²) in [6, 6.07) is 15.0. The maximum absolute atomic E-state index is 12.7. The molecule has 114 valence electrons. The zero-order valence-electron chi connectivity index (χ0n) is 12.6. The predicted octanol–water partition coefficient (Wildman–Crippen LogP) is 3.53. The molecule has 3 aromatic rings. The molecule has 1 aliphatic heterocycles. The quantitative estimate of drug-likeness (QED) is 0.447. The first-order valence-corrected chi connectivity index (χ1v) is 7.62. The van der Waals surface area contributed by atoms with E-state index in [-0.39, 0.29) is 12.4 Å². The molecule has 0 amide bonds. The molecule has 0 bridgehead atoms. The zero-order valence-corrected chi connectivity index (χ0v) is 12.6. The van der Waals surface area contributed by atoms with E-state index in [1.165, 1.54) is 0 Å². The average Bonchev–Trinajstić information content (AvgIpc) is 2.90. The SMILES string of the molecule is CCOC(=O)[C@@H]1Nc2ccc3cc4ccccc4cc3c2C1=O. The Morgan fingerprint density at radius 3 is 2.57 bits per heavy atom. The number of Topliss-reactive ketones (excluding diaryl/α,β-unsaturated/α-hetero) is 1. The Labute approximate surface area is 133 Å². The molecule has 0 fully saturated rings. The molecule has 0 unspecified atom stereocenters. The van der Waals surface area contributed by atoms with Gasteiger partial charge in [-0.15, -0.1) is 0 Å². The van der Waals surface area contributed by atoms with Crippen molar-refractivity contribution in [2.75, 3.05) is 11.9 Å². The van der Waals surface area contributed by atoms with E-state index in [4.69, 9.17) is 4.74 Å². The first-order chi connectivity index (χ1) is 11.2. The van der Waals surface area contributed by atoms with Crippen molar-refractivity contribution in [3.63, 3.8) is 0 Å². The molecule has 1 aliphatic rings. The van der Waals surface area contributed by atoms with Crippen molar-refractivity contribution in [2.45, 2.75) is 13.0 Å². The molecular weight excluding hydrogens is 290 g/mol. The van der Waals surface area contributed by atoms with Gasteiger partial charge in [-0.05, 0) is 46.7 Å². The second kappa shape index (κ2) is 5.09. The van der Waals surface area contributed by atoms with Gasteiger partial charge in [-0.3, -0.25) is 4.79 Å². The van der Waals surface area contributed by atoms with E-state index in [9.17, 15) is 9.59 Å². The second-order valence-electron chi connectivity index (χ2n) is 5.60. The number of hydrogen-bond donors (Lipinski definition) is 1. The van der Waals surface area contributed by atoms with Crippen molar-refractivity contribution >= 4 is 39.0 Å². The van der Waals surface area contributed by atoms with Crippen LogP contribution in [-0.4, -0.2) is 24.4 Å². The number of ketones is 1. The van der Waals surface area contributed by atoms with E-state index >= 15 is 0 Å². The first kappa shape index (κ1) is 13.8. The first-order valence-electron chi connectivity index (χ1n) is 7.62. The summed E-state index contributed by atoms with van der Waals surface area (Å²) in [7, 11) is 0. The number of benzene rings is 3. The van der Waals surface area contributed by atoms with Crippen LogP contribution in [0.2, 0.25) is 0 Å². The smallest absolute Gasteiger partial charge is 0.336 e. The maximum atomic E-state index is 12.7. The molecule has 0 saturated heterocycles. The Kier molecular flexibility index (Phi) is 3.05. The van der Waals surface area contributed by atoms with Gasteiger partial charge in [0.2, 0.25) is 0 Å². The minimum atomic E-state index is -0.943. The Bertz CT molecular complexity index is 961. The number of rotatable bonds is 2. The van der Waals surface area contributed by atoms with Gasteiger partial charge in [-0.1, -0.05) is 30.3 Å². The Balaban J connectivity index is 1.90. The summed E-state index contributed by atoms with van der Waals surface area (Å²) < 4.78 is 4.99. The van der Waals surface area contributed by atoms with Crippen LogP contribution in [0.5, 0.6) is 0 Å². The molecule has 1 atom stereocenters. The largest absolute Gasteiger partial charge is 0.464 e. The third-order valence-corrected chi connectivity index (χ3v) is 4.22. The molecule has 23 heavy (non-hydrogen) atoms.